The molecule has 0 radical (unpaired) electrons. The first kappa shape index (κ1) is 25.9. The molecule has 10 nitrogen and oxygen atoms in total. The van der Waals surface area contributed by atoms with Crippen LogP contribution in [0.15, 0.2) is 41.6 Å². The fourth-order valence-electron chi connectivity index (χ4n) is 4.00. The third kappa shape index (κ3) is 5.97. The Balaban J connectivity index is 1.59. The Hall–Kier alpha value is -3.15. The highest BCUT2D eigenvalue weighted by molar-refractivity contribution is 7.91. The predicted octanol–water partition coefficient (Wildman–Crippen LogP) is 3.29. The Morgan fingerprint density at radius 2 is 1.81 bits per heavy atom. The van der Waals surface area contributed by atoms with Crippen molar-refractivity contribution >= 4 is 32.2 Å². The summed E-state index contributed by atoms with van der Waals surface area (Å²) in [6, 6.07) is 8.35. The van der Waals surface area contributed by atoms with E-state index in [1.165, 1.54) is 19.5 Å². The van der Waals surface area contributed by atoms with Gasteiger partial charge in [0.1, 0.15) is 17.9 Å². The van der Waals surface area contributed by atoms with Gasteiger partial charge in [0.2, 0.25) is 0 Å². The SMILES string of the molecule is CCS(=O)(=O)c1ccc(OC)c(Nc2ncnc3cc(OC)c(OCCCN4CCOCC4)cc23)c1. The molecule has 1 fully saturated rings. The molecule has 1 aromatic heterocycles. The molecule has 0 aliphatic carbocycles. The standard InChI is InChI=1S/C25H32N4O6S/c1-4-36(30,31)18-6-7-22(32-2)21(14-18)28-25-19-15-24(23(33-3)16-20(19)26-17-27-25)35-11-5-8-29-9-12-34-13-10-29/h6-7,14-17H,4-5,8-13H2,1-3H3,(H,26,27,28). The van der Waals surface area contributed by atoms with Crippen molar-refractivity contribution in [1.82, 2.24) is 14.9 Å². The molecule has 0 unspecified atom stereocenters. The number of hydrogen-bond donors (Lipinski definition) is 1. The Bertz CT molecular complexity index is 1300. The summed E-state index contributed by atoms with van der Waals surface area (Å²) in [6.45, 7) is 6.50. The number of nitrogens with zero attached hydrogens (tertiary/aromatic N) is 3. The van der Waals surface area contributed by atoms with Crippen LogP contribution in [0.3, 0.4) is 0 Å². The smallest absolute Gasteiger partial charge is 0.178 e. The highest BCUT2D eigenvalue weighted by atomic mass is 32.2. The molecular weight excluding hydrogens is 484 g/mol. The maximum atomic E-state index is 12.4. The molecule has 1 N–H and O–H groups in total. The van der Waals surface area contributed by atoms with Gasteiger partial charge >= 0.3 is 0 Å². The molecule has 1 aliphatic rings. The minimum Gasteiger partial charge on any atom is -0.495 e. The maximum absolute atomic E-state index is 12.4. The average molecular weight is 517 g/mol. The van der Waals surface area contributed by atoms with Gasteiger partial charge in [0, 0.05) is 31.1 Å². The number of rotatable bonds is 11. The third-order valence-corrected chi connectivity index (χ3v) is 7.80. The quantitative estimate of drug-likeness (QED) is 0.381. The number of morpholine rings is 1. The number of ether oxygens (including phenoxy) is 4. The van der Waals surface area contributed by atoms with Crippen molar-refractivity contribution in [3.05, 3.63) is 36.7 Å². The van der Waals surface area contributed by atoms with E-state index < -0.39 is 9.84 Å². The first-order valence-corrected chi connectivity index (χ1v) is 13.5. The van der Waals surface area contributed by atoms with Crippen LogP contribution in [0.4, 0.5) is 11.5 Å². The largest absolute Gasteiger partial charge is 0.495 e. The van der Waals surface area contributed by atoms with Crippen molar-refractivity contribution in [3.63, 3.8) is 0 Å². The van der Waals surface area contributed by atoms with Crippen molar-refractivity contribution in [3.8, 4) is 17.2 Å². The number of methoxy groups -OCH3 is 2. The number of nitrogens with one attached hydrogen (secondary N) is 1. The van der Waals surface area contributed by atoms with Gasteiger partial charge in [-0.3, -0.25) is 4.90 Å². The fourth-order valence-corrected chi connectivity index (χ4v) is 4.91. The summed E-state index contributed by atoms with van der Waals surface area (Å²) in [7, 11) is -0.275. The van der Waals surface area contributed by atoms with Gasteiger partial charge in [-0.15, -0.1) is 0 Å². The lowest BCUT2D eigenvalue weighted by Crippen LogP contribution is -2.37. The number of benzene rings is 2. The van der Waals surface area contributed by atoms with Crippen molar-refractivity contribution in [2.45, 2.75) is 18.2 Å². The summed E-state index contributed by atoms with van der Waals surface area (Å²) in [5.41, 5.74) is 1.14. The zero-order valence-corrected chi connectivity index (χ0v) is 21.6. The molecule has 194 valence electrons. The summed E-state index contributed by atoms with van der Waals surface area (Å²) < 4.78 is 47.3. The van der Waals surface area contributed by atoms with E-state index in [-0.39, 0.29) is 10.6 Å². The van der Waals surface area contributed by atoms with Gasteiger partial charge in [0.05, 0.1) is 55.9 Å². The lowest BCUT2D eigenvalue weighted by Gasteiger charge is -2.26. The Kier molecular flexibility index (Phi) is 8.44. The van der Waals surface area contributed by atoms with Gasteiger partial charge < -0.3 is 24.3 Å². The number of aromatic nitrogens is 2. The summed E-state index contributed by atoms with van der Waals surface area (Å²) in [5, 5.41) is 3.92. The van der Waals surface area contributed by atoms with Crippen LogP contribution in [0.1, 0.15) is 13.3 Å². The highest BCUT2D eigenvalue weighted by Gasteiger charge is 2.17. The Morgan fingerprint density at radius 3 is 2.53 bits per heavy atom. The molecule has 2 aromatic carbocycles. The molecule has 0 saturated carbocycles. The molecule has 36 heavy (non-hydrogen) atoms. The summed E-state index contributed by atoms with van der Waals surface area (Å²) in [5.74, 6) is 2.14. The van der Waals surface area contributed by atoms with Crippen LogP contribution in [0.25, 0.3) is 10.9 Å². The van der Waals surface area contributed by atoms with E-state index in [9.17, 15) is 8.42 Å². The van der Waals surface area contributed by atoms with E-state index in [2.05, 4.69) is 20.2 Å². The molecule has 0 bridgehead atoms. The zero-order valence-electron chi connectivity index (χ0n) is 20.8. The molecule has 3 aromatic rings. The fraction of sp³-hybridized carbons (Fsp3) is 0.440. The van der Waals surface area contributed by atoms with Crippen molar-refractivity contribution < 1.29 is 27.4 Å². The van der Waals surface area contributed by atoms with Crippen LogP contribution in [0.2, 0.25) is 0 Å². The van der Waals surface area contributed by atoms with Gasteiger partial charge in [-0.2, -0.15) is 0 Å². The number of anilines is 2. The van der Waals surface area contributed by atoms with E-state index >= 15 is 0 Å². The molecule has 0 spiro atoms. The lowest BCUT2D eigenvalue weighted by atomic mass is 10.2. The first-order valence-electron chi connectivity index (χ1n) is 11.9. The number of sulfone groups is 1. The highest BCUT2D eigenvalue weighted by Crippen LogP contribution is 2.36. The van der Waals surface area contributed by atoms with E-state index in [0.717, 1.165) is 39.3 Å². The third-order valence-electron chi connectivity index (χ3n) is 6.06. The zero-order chi connectivity index (χ0) is 25.5. The van der Waals surface area contributed by atoms with Crippen LogP contribution < -0.4 is 19.5 Å². The van der Waals surface area contributed by atoms with E-state index in [4.69, 9.17) is 18.9 Å². The van der Waals surface area contributed by atoms with Crippen LogP contribution in [0.5, 0.6) is 17.2 Å². The minimum atomic E-state index is -3.39. The number of hydrogen-bond acceptors (Lipinski definition) is 10. The maximum Gasteiger partial charge on any atom is 0.178 e. The molecule has 2 heterocycles. The Morgan fingerprint density at radius 1 is 1.03 bits per heavy atom. The Labute approximate surface area is 211 Å². The molecule has 0 atom stereocenters. The lowest BCUT2D eigenvalue weighted by molar-refractivity contribution is 0.0357. The van der Waals surface area contributed by atoms with E-state index in [1.54, 1.807) is 32.2 Å². The van der Waals surface area contributed by atoms with Gasteiger partial charge in [0.15, 0.2) is 21.3 Å². The molecule has 1 saturated heterocycles. The summed E-state index contributed by atoms with van der Waals surface area (Å²) >= 11 is 0. The predicted molar refractivity (Wildman–Crippen MR) is 137 cm³/mol. The van der Waals surface area contributed by atoms with Crippen molar-refractivity contribution in [1.29, 1.82) is 0 Å². The average Bonchev–Trinajstić information content (AvgIpc) is 2.91. The second-order valence-corrected chi connectivity index (χ2v) is 10.6. The first-order chi connectivity index (χ1) is 17.4. The summed E-state index contributed by atoms with van der Waals surface area (Å²) in [4.78, 5) is 11.3. The van der Waals surface area contributed by atoms with Crippen molar-refractivity contribution in [2.24, 2.45) is 0 Å². The van der Waals surface area contributed by atoms with Crippen LogP contribution in [0, 0.1) is 0 Å². The molecule has 11 heteroatoms. The van der Waals surface area contributed by atoms with E-state index in [0.29, 0.717) is 46.3 Å². The molecule has 4 rings (SSSR count). The van der Waals surface area contributed by atoms with Crippen LogP contribution in [-0.2, 0) is 14.6 Å². The van der Waals surface area contributed by atoms with Crippen LogP contribution in [-0.4, -0.2) is 82.7 Å². The summed E-state index contributed by atoms with van der Waals surface area (Å²) in [6.07, 6.45) is 2.31. The second kappa shape index (κ2) is 11.7. The monoisotopic (exact) mass is 516 g/mol. The van der Waals surface area contributed by atoms with Gasteiger partial charge in [-0.25, -0.2) is 18.4 Å². The van der Waals surface area contributed by atoms with E-state index in [1.807, 2.05) is 6.07 Å². The second-order valence-electron chi connectivity index (χ2n) is 8.29. The minimum absolute atomic E-state index is 0.00123. The molecule has 1 aliphatic heterocycles. The number of fused-ring (bicyclic) bond motifs is 1. The molecule has 0 amide bonds. The van der Waals surface area contributed by atoms with Crippen molar-refractivity contribution in [2.75, 3.05) is 64.7 Å². The topological polar surface area (TPSA) is 112 Å². The van der Waals surface area contributed by atoms with Crippen LogP contribution >= 0.6 is 0 Å². The van der Waals surface area contributed by atoms with Gasteiger partial charge in [-0.05, 0) is 30.7 Å². The van der Waals surface area contributed by atoms with Gasteiger partial charge in [-0.1, -0.05) is 6.92 Å². The normalized spacial score (nSPS) is 14.5. The van der Waals surface area contributed by atoms with Gasteiger partial charge in [0.25, 0.3) is 0 Å². The molecular formula is C25H32N4O6S.